The number of aryl methyl sites for hydroxylation is 1. The second-order valence-corrected chi connectivity index (χ2v) is 5.92. The lowest BCUT2D eigenvalue weighted by atomic mass is 9.63. The van der Waals surface area contributed by atoms with E-state index >= 15 is 0 Å². The maximum absolute atomic E-state index is 14.1. The molecule has 0 radical (unpaired) electrons. The molecule has 3 heteroatoms. The Kier molecular flexibility index (Phi) is 3.97. The first-order valence-electron chi connectivity index (χ1n) is 7.81. The molecular formula is C19H20FNO. The smallest absolute Gasteiger partial charge is 0.235 e. The lowest BCUT2D eigenvalue weighted by molar-refractivity contribution is -0.124. The quantitative estimate of drug-likeness (QED) is 0.887. The first kappa shape index (κ1) is 14.8. The van der Waals surface area contributed by atoms with Gasteiger partial charge in [0.1, 0.15) is 5.82 Å². The van der Waals surface area contributed by atoms with E-state index in [-0.39, 0.29) is 11.7 Å². The number of anilines is 1. The van der Waals surface area contributed by atoms with Crippen molar-refractivity contribution < 1.29 is 9.18 Å². The molecule has 2 aromatic rings. The zero-order valence-electron chi connectivity index (χ0n) is 12.7. The van der Waals surface area contributed by atoms with Gasteiger partial charge in [0, 0.05) is 11.3 Å². The van der Waals surface area contributed by atoms with Gasteiger partial charge in [-0.1, -0.05) is 43.7 Å². The summed E-state index contributed by atoms with van der Waals surface area (Å²) in [5, 5.41) is 2.96. The van der Waals surface area contributed by atoms with Crippen molar-refractivity contribution >= 4 is 11.6 Å². The molecular weight excluding hydrogens is 277 g/mol. The summed E-state index contributed by atoms with van der Waals surface area (Å²) < 4.78 is 14.1. The Morgan fingerprint density at radius 1 is 1.14 bits per heavy atom. The zero-order valence-corrected chi connectivity index (χ0v) is 12.7. The Labute approximate surface area is 130 Å². The minimum Gasteiger partial charge on any atom is -0.325 e. The Morgan fingerprint density at radius 2 is 1.82 bits per heavy atom. The van der Waals surface area contributed by atoms with E-state index in [1.165, 1.54) is 11.6 Å². The van der Waals surface area contributed by atoms with Crippen LogP contribution in [0.3, 0.4) is 0 Å². The fourth-order valence-electron chi connectivity index (χ4n) is 3.07. The van der Waals surface area contributed by atoms with E-state index in [1.54, 1.807) is 18.2 Å². The second kappa shape index (κ2) is 5.91. The third-order valence-corrected chi connectivity index (χ3v) is 4.65. The molecule has 0 bridgehead atoms. The predicted octanol–water partition coefficient (Wildman–Crippen LogP) is 4.45. The van der Waals surface area contributed by atoms with Crippen LogP contribution in [0.5, 0.6) is 0 Å². The number of hydrogen-bond acceptors (Lipinski definition) is 1. The minimum atomic E-state index is -0.714. The highest BCUT2D eigenvalue weighted by Crippen LogP contribution is 2.45. The van der Waals surface area contributed by atoms with Crippen molar-refractivity contribution in [3.8, 4) is 0 Å². The molecule has 0 saturated heterocycles. The molecule has 114 valence electrons. The van der Waals surface area contributed by atoms with Gasteiger partial charge in [-0.3, -0.25) is 4.79 Å². The SMILES string of the molecule is CCc1ccc(NC(=O)C2(c3ccccc3F)CCC2)cc1. The average Bonchev–Trinajstić information content (AvgIpc) is 2.49. The maximum Gasteiger partial charge on any atom is 0.235 e. The van der Waals surface area contributed by atoms with Crippen molar-refractivity contribution in [2.45, 2.75) is 38.0 Å². The monoisotopic (exact) mass is 297 g/mol. The highest BCUT2D eigenvalue weighted by atomic mass is 19.1. The van der Waals surface area contributed by atoms with Crippen LogP contribution >= 0.6 is 0 Å². The largest absolute Gasteiger partial charge is 0.325 e. The van der Waals surface area contributed by atoms with Gasteiger partial charge in [-0.05, 0) is 43.0 Å². The van der Waals surface area contributed by atoms with Gasteiger partial charge in [-0.15, -0.1) is 0 Å². The van der Waals surface area contributed by atoms with Crippen LogP contribution < -0.4 is 5.32 Å². The Bertz CT molecular complexity index is 674. The molecule has 0 aromatic heterocycles. The molecule has 0 atom stereocenters. The van der Waals surface area contributed by atoms with Crippen LogP contribution in [0.15, 0.2) is 48.5 Å². The summed E-state index contributed by atoms with van der Waals surface area (Å²) in [6.07, 6.45) is 3.32. The third kappa shape index (κ3) is 2.52. The summed E-state index contributed by atoms with van der Waals surface area (Å²) >= 11 is 0. The van der Waals surface area contributed by atoms with Gasteiger partial charge in [-0.2, -0.15) is 0 Å². The number of nitrogens with one attached hydrogen (secondary N) is 1. The van der Waals surface area contributed by atoms with Gasteiger partial charge in [0.25, 0.3) is 0 Å². The summed E-state index contributed by atoms with van der Waals surface area (Å²) in [7, 11) is 0. The molecule has 0 unspecified atom stereocenters. The lowest BCUT2D eigenvalue weighted by Crippen LogP contribution is -2.46. The van der Waals surface area contributed by atoms with E-state index in [9.17, 15) is 9.18 Å². The van der Waals surface area contributed by atoms with Crippen molar-refractivity contribution in [2.75, 3.05) is 5.32 Å². The van der Waals surface area contributed by atoms with Crippen LogP contribution in [-0.2, 0) is 16.6 Å². The molecule has 1 aliphatic rings. The third-order valence-electron chi connectivity index (χ3n) is 4.65. The Balaban J connectivity index is 1.84. The Morgan fingerprint density at radius 3 is 2.36 bits per heavy atom. The number of carbonyl (C=O) groups is 1. The molecule has 1 amide bonds. The molecule has 22 heavy (non-hydrogen) atoms. The predicted molar refractivity (Wildman–Crippen MR) is 86.4 cm³/mol. The Hall–Kier alpha value is -2.16. The molecule has 0 aliphatic heterocycles. The molecule has 1 N–H and O–H groups in total. The molecule has 1 saturated carbocycles. The summed E-state index contributed by atoms with van der Waals surface area (Å²) in [4.78, 5) is 12.7. The van der Waals surface area contributed by atoms with Gasteiger partial charge in [0.15, 0.2) is 0 Å². The number of amides is 1. The van der Waals surface area contributed by atoms with Gasteiger partial charge in [0.05, 0.1) is 5.41 Å². The van der Waals surface area contributed by atoms with Crippen LogP contribution in [0.2, 0.25) is 0 Å². The molecule has 1 aliphatic carbocycles. The summed E-state index contributed by atoms with van der Waals surface area (Å²) in [5.74, 6) is -0.397. The van der Waals surface area contributed by atoms with Gasteiger partial charge >= 0.3 is 0 Å². The molecule has 3 rings (SSSR count). The van der Waals surface area contributed by atoms with Crippen LogP contribution in [0.25, 0.3) is 0 Å². The van der Waals surface area contributed by atoms with Crippen LogP contribution in [-0.4, -0.2) is 5.91 Å². The summed E-state index contributed by atoms with van der Waals surface area (Å²) in [5.41, 5.74) is 1.80. The van der Waals surface area contributed by atoms with E-state index in [0.29, 0.717) is 18.4 Å². The summed E-state index contributed by atoms with van der Waals surface area (Å²) in [6.45, 7) is 2.09. The zero-order chi connectivity index (χ0) is 15.6. The van der Waals surface area contributed by atoms with Crippen molar-refractivity contribution in [3.63, 3.8) is 0 Å². The lowest BCUT2D eigenvalue weighted by Gasteiger charge is -2.40. The van der Waals surface area contributed by atoms with E-state index in [2.05, 4.69) is 12.2 Å². The summed E-state index contributed by atoms with van der Waals surface area (Å²) in [6, 6.07) is 14.4. The van der Waals surface area contributed by atoms with Crippen LogP contribution in [0, 0.1) is 5.82 Å². The second-order valence-electron chi connectivity index (χ2n) is 5.92. The fraction of sp³-hybridized carbons (Fsp3) is 0.316. The standard InChI is InChI=1S/C19H20FNO/c1-2-14-8-10-15(11-9-14)21-18(22)19(12-5-13-19)16-6-3-4-7-17(16)20/h3-4,6-11H,2,5,12-13H2,1H3,(H,21,22). The van der Waals surface area contributed by atoms with Crippen molar-refractivity contribution in [1.29, 1.82) is 0 Å². The number of halogens is 1. The van der Waals surface area contributed by atoms with E-state index in [4.69, 9.17) is 0 Å². The number of benzene rings is 2. The molecule has 2 aromatic carbocycles. The molecule has 2 nitrogen and oxygen atoms in total. The number of hydrogen-bond donors (Lipinski definition) is 1. The highest BCUT2D eigenvalue weighted by molar-refractivity contribution is 6.00. The molecule has 0 heterocycles. The fourth-order valence-corrected chi connectivity index (χ4v) is 3.07. The van der Waals surface area contributed by atoms with Crippen LogP contribution in [0.4, 0.5) is 10.1 Å². The average molecular weight is 297 g/mol. The van der Waals surface area contributed by atoms with Crippen molar-refractivity contribution in [2.24, 2.45) is 0 Å². The topological polar surface area (TPSA) is 29.1 Å². The van der Waals surface area contributed by atoms with Gasteiger partial charge in [0.2, 0.25) is 5.91 Å². The van der Waals surface area contributed by atoms with Crippen LogP contribution in [0.1, 0.15) is 37.3 Å². The van der Waals surface area contributed by atoms with Gasteiger partial charge in [-0.25, -0.2) is 4.39 Å². The number of rotatable bonds is 4. The van der Waals surface area contributed by atoms with Crippen molar-refractivity contribution in [1.82, 2.24) is 0 Å². The maximum atomic E-state index is 14.1. The molecule has 0 spiro atoms. The first-order valence-corrected chi connectivity index (χ1v) is 7.81. The van der Waals surface area contributed by atoms with E-state index in [0.717, 1.165) is 18.5 Å². The minimum absolute atomic E-state index is 0.104. The first-order chi connectivity index (χ1) is 10.7. The normalized spacial score (nSPS) is 15.9. The van der Waals surface area contributed by atoms with E-state index in [1.807, 2.05) is 24.3 Å². The molecule has 1 fully saturated rings. The van der Waals surface area contributed by atoms with Crippen molar-refractivity contribution in [3.05, 3.63) is 65.5 Å². The number of carbonyl (C=O) groups excluding carboxylic acids is 1. The van der Waals surface area contributed by atoms with E-state index < -0.39 is 5.41 Å². The van der Waals surface area contributed by atoms with Gasteiger partial charge < -0.3 is 5.32 Å². The highest BCUT2D eigenvalue weighted by Gasteiger charge is 2.47.